The molecule has 0 spiro atoms. The van der Waals surface area contributed by atoms with Gasteiger partial charge in [-0.2, -0.15) is 0 Å². The minimum absolute atomic E-state index is 0.0998. The molecule has 1 aliphatic heterocycles. The van der Waals surface area contributed by atoms with Crippen LogP contribution in [0, 0.1) is 5.92 Å². The molecule has 2 atom stereocenters. The standard InChI is InChI=1S/C22H28N2O2/c1-17(2)19(16-25-3)23-22(18-10-5-4-6-11-18)24-14-8-7-12-20(24)21-13-9-15-26-21/h4-6,8-11,13-15,17,19-20H,7,12,16H2,1-3H3/t19-,20+/m1/s1. The van der Waals surface area contributed by atoms with Crippen LogP contribution in [-0.2, 0) is 4.74 Å². The van der Waals surface area contributed by atoms with Crippen molar-refractivity contribution in [2.75, 3.05) is 13.7 Å². The van der Waals surface area contributed by atoms with Gasteiger partial charge in [0, 0.05) is 18.9 Å². The van der Waals surface area contributed by atoms with Crippen molar-refractivity contribution in [1.29, 1.82) is 0 Å². The van der Waals surface area contributed by atoms with Gasteiger partial charge in [0.1, 0.15) is 11.6 Å². The van der Waals surface area contributed by atoms with Crippen molar-refractivity contribution in [3.05, 3.63) is 72.3 Å². The van der Waals surface area contributed by atoms with Gasteiger partial charge in [-0.25, -0.2) is 0 Å². The highest BCUT2D eigenvalue weighted by atomic mass is 16.5. The summed E-state index contributed by atoms with van der Waals surface area (Å²) in [6.45, 7) is 4.98. The van der Waals surface area contributed by atoms with Crippen molar-refractivity contribution < 1.29 is 9.15 Å². The van der Waals surface area contributed by atoms with Crippen molar-refractivity contribution in [2.45, 2.75) is 38.8 Å². The van der Waals surface area contributed by atoms with E-state index < -0.39 is 0 Å². The third-order valence-corrected chi connectivity index (χ3v) is 4.75. The van der Waals surface area contributed by atoms with E-state index >= 15 is 0 Å². The Labute approximate surface area is 156 Å². The Balaban J connectivity index is 2.04. The zero-order valence-corrected chi connectivity index (χ0v) is 15.8. The first kappa shape index (κ1) is 18.5. The van der Waals surface area contributed by atoms with Gasteiger partial charge < -0.3 is 14.1 Å². The lowest BCUT2D eigenvalue weighted by atomic mass is 10.0. The van der Waals surface area contributed by atoms with Crippen LogP contribution in [0.15, 0.2) is 70.4 Å². The molecule has 0 fully saturated rings. The fourth-order valence-corrected chi connectivity index (χ4v) is 3.25. The average molecular weight is 352 g/mol. The van der Waals surface area contributed by atoms with Crippen LogP contribution >= 0.6 is 0 Å². The van der Waals surface area contributed by atoms with Crippen molar-refractivity contribution in [3.8, 4) is 0 Å². The van der Waals surface area contributed by atoms with Crippen molar-refractivity contribution in [2.24, 2.45) is 10.9 Å². The minimum Gasteiger partial charge on any atom is -0.467 e. The fourth-order valence-electron chi connectivity index (χ4n) is 3.25. The lowest BCUT2D eigenvalue weighted by Crippen LogP contribution is -2.35. The van der Waals surface area contributed by atoms with Crippen LogP contribution in [0.25, 0.3) is 0 Å². The molecule has 1 aromatic carbocycles. The predicted molar refractivity (Wildman–Crippen MR) is 105 cm³/mol. The normalized spacial score (nSPS) is 19.2. The van der Waals surface area contributed by atoms with E-state index in [4.69, 9.17) is 14.1 Å². The number of rotatable bonds is 6. The van der Waals surface area contributed by atoms with Gasteiger partial charge in [0.05, 0.1) is 25.0 Å². The molecule has 2 aromatic rings. The van der Waals surface area contributed by atoms with Crippen molar-refractivity contribution >= 4 is 5.84 Å². The van der Waals surface area contributed by atoms with E-state index in [0.29, 0.717) is 12.5 Å². The molecule has 2 heterocycles. The second kappa shape index (κ2) is 8.86. The maximum Gasteiger partial charge on any atom is 0.135 e. The Morgan fingerprint density at radius 3 is 2.69 bits per heavy atom. The smallest absolute Gasteiger partial charge is 0.135 e. The Bertz CT molecular complexity index is 720. The molecule has 0 aliphatic carbocycles. The molecule has 1 aliphatic rings. The van der Waals surface area contributed by atoms with Crippen LogP contribution in [0.1, 0.15) is 44.1 Å². The number of allylic oxidation sites excluding steroid dienone is 1. The third-order valence-electron chi connectivity index (χ3n) is 4.75. The molecular weight excluding hydrogens is 324 g/mol. The van der Waals surface area contributed by atoms with Crippen LogP contribution in [0.5, 0.6) is 0 Å². The molecule has 0 radical (unpaired) electrons. The highest BCUT2D eigenvalue weighted by molar-refractivity contribution is 5.99. The summed E-state index contributed by atoms with van der Waals surface area (Å²) in [4.78, 5) is 7.40. The maximum atomic E-state index is 5.73. The molecule has 4 nitrogen and oxygen atoms in total. The largest absolute Gasteiger partial charge is 0.467 e. The molecule has 138 valence electrons. The van der Waals surface area contributed by atoms with Gasteiger partial charge in [0.2, 0.25) is 0 Å². The van der Waals surface area contributed by atoms with E-state index in [2.05, 4.69) is 61.4 Å². The number of benzene rings is 1. The van der Waals surface area contributed by atoms with Crippen LogP contribution < -0.4 is 0 Å². The van der Waals surface area contributed by atoms with Crippen molar-refractivity contribution in [3.63, 3.8) is 0 Å². The quantitative estimate of drug-likeness (QED) is 0.539. The van der Waals surface area contributed by atoms with Crippen LogP contribution in [0.2, 0.25) is 0 Å². The van der Waals surface area contributed by atoms with Crippen LogP contribution in [-0.4, -0.2) is 30.5 Å². The van der Waals surface area contributed by atoms with Gasteiger partial charge >= 0.3 is 0 Å². The molecule has 0 amide bonds. The predicted octanol–water partition coefficient (Wildman–Crippen LogP) is 5.05. The van der Waals surface area contributed by atoms with E-state index in [-0.39, 0.29) is 12.1 Å². The molecule has 0 N–H and O–H groups in total. The fraction of sp³-hybridized carbons (Fsp3) is 0.409. The minimum atomic E-state index is 0.0998. The molecule has 4 heteroatoms. The number of hydrogen-bond acceptors (Lipinski definition) is 3. The van der Waals surface area contributed by atoms with E-state index in [9.17, 15) is 0 Å². The number of nitrogens with zero attached hydrogens (tertiary/aromatic N) is 2. The molecule has 0 saturated heterocycles. The second-order valence-electron chi connectivity index (χ2n) is 6.99. The third kappa shape index (κ3) is 4.25. The first-order valence-electron chi connectivity index (χ1n) is 9.31. The molecule has 0 saturated carbocycles. The summed E-state index contributed by atoms with van der Waals surface area (Å²) in [5.74, 6) is 2.34. The summed E-state index contributed by atoms with van der Waals surface area (Å²) >= 11 is 0. The molecule has 3 rings (SSSR count). The molecule has 26 heavy (non-hydrogen) atoms. The van der Waals surface area contributed by atoms with E-state index in [1.807, 2.05) is 12.1 Å². The number of amidine groups is 1. The summed E-state index contributed by atoms with van der Waals surface area (Å²) < 4.78 is 11.2. The summed E-state index contributed by atoms with van der Waals surface area (Å²) in [5, 5.41) is 0. The lowest BCUT2D eigenvalue weighted by molar-refractivity contribution is 0.164. The maximum absolute atomic E-state index is 5.73. The second-order valence-corrected chi connectivity index (χ2v) is 6.99. The topological polar surface area (TPSA) is 38.0 Å². The number of hydrogen-bond donors (Lipinski definition) is 0. The lowest BCUT2D eigenvalue weighted by Gasteiger charge is -2.34. The summed E-state index contributed by atoms with van der Waals surface area (Å²) in [6, 6.07) is 14.6. The highest BCUT2D eigenvalue weighted by Crippen LogP contribution is 2.32. The Morgan fingerprint density at radius 1 is 1.23 bits per heavy atom. The van der Waals surface area contributed by atoms with Crippen molar-refractivity contribution in [1.82, 2.24) is 4.90 Å². The molecule has 0 unspecified atom stereocenters. The number of ether oxygens (including phenoxy) is 1. The zero-order chi connectivity index (χ0) is 18.4. The van der Waals surface area contributed by atoms with Gasteiger partial charge in [-0.1, -0.05) is 50.3 Å². The van der Waals surface area contributed by atoms with Gasteiger partial charge in [-0.3, -0.25) is 4.99 Å². The number of methoxy groups -OCH3 is 1. The van der Waals surface area contributed by atoms with E-state index in [1.165, 1.54) is 0 Å². The van der Waals surface area contributed by atoms with Gasteiger partial charge in [-0.05, 0) is 30.9 Å². The van der Waals surface area contributed by atoms with Gasteiger partial charge in [0.15, 0.2) is 0 Å². The zero-order valence-electron chi connectivity index (χ0n) is 15.8. The van der Waals surface area contributed by atoms with E-state index in [1.54, 1.807) is 13.4 Å². The van der Waals surface area contributed by atoms with E-state index in [0.717, 1.165) is 30.0 Å². The Hall–Kier alpha value is -2.33. The summed E-state index contributed by atoms with van der Waals surface area (Å²) in [5.41, 5.74) is 1.11. The van der Waals surface area contributed by atoms with Crippen LogP contribution in [0.4, 0.5) is 0 Å². The average Bonchev–Trinajstić information content (AvgIpc) is 3.20. The molecule has 1 aromatic heterocycles. The monoisotopic (exact) mass is 352 g/mol. The number of aliphatic imine (C=N–C) groups is 1. The molecule has 0 bridgehead atoms. The summed E-state index contributed by atoms with van der Waals surface area (Å²) in [6.07, 6.45) is 8.14. The highest BCUT2D eigenvalue weighted by Gasteiger charge is 2.28. The Kier molecular flexibility index (Phi) is 6.29. The SMILES string of the molecule is COC[C@@H](N=C(c1ccccc1)N1C=CCC[C@H]1c1ccco1)C(C)C. The van der Waals surface area contributed by atoms with Gasteiger partial charge in [-0.15, -0.1) is 0 Å². The van der Waals surface area contributed by atoms with Gasteiger partial charge in [0.25, 0.3) is 0 Å². The Morgan fingerprint density at radius 2 is 2.04 bits per heavy atom. The summed E-state index contributed by atoms with van der Waals surface area (Å²) in [7, 11) is 1.74. The first-order valence-corrected chi connectivity index (χ1v) is 9.31. The first-order chi connectivity index (χ1) is 12.7. The number of furan rings is 1. The van der Waals surface area contributed by atoms with Crippen LogP contribution in [0.3, 0.4) is 0 Å². The molecular formula is C22H28N2O2.